The van der Waals surface area contributed by atoms with Crippen LogP contribution in [0.25, 0.3) is 0 Å². The zero-order valence-corrected chi connectivity index (χ0v) is 9.53. The largest absolute Gasteiger partial charge is 0.348 e. The SMILES string of the molecule is CC1(C(=O)NCC(F)(F)C(F)F)CCCCN1. The van der Waals surface area contributed by atoms with Crippen LogP contribution in [0, 0.1) is 0 Å². The summed E-state index contributed by atoms with van der Waals surface area (Å²) in [6, 6.07) is 0. The average molecular weight is 256 g/mol. The molecule has 1 rings (SSSR count). The number of alkyl halides is 4. The van der Waals surface area contributed by atoms with Crippen molar-refractivity contribution in [1.82, 2.24) is 10.6 Å². The number of carbonyl (C=O) groups excluding carboxylic acids is 1. The number of amides is 1. The van der Waals surface area contributed by atoms with E-state index < -0.39 is 30.3 Å². The van der Waals surface area contributed by atoms with E-state index in [0.29, 0.717) is 13.0 Å². The highest BCUT2D eigenvalue weighted by atomic mass is 19.3. The first kappa shape index (κ1) is 14.2. The van der Waals surface area contributed by atoms with Crippen LogP contribution in [-0.4, -0.2) is 36.9 Å². The molecule has 7 heteroatoms. The average Bonchev–Trinajstić information content (AvgIpc) is 2.26. The minimum atomic E-state index is -4.18. The number of halogens is 4. The standard InChI is InChI=1S/C10H16F4N2O/c1-9(4-2-3-5-16-9)8(17)15-6-10(13,14)7(11)12/h7,16H,2-6H2,1H3,(H,15,17). The summed E-state index contributed by atoms with van der Waals surface area (Å²) in [6.45, 7) is 0.873. The number of hydrogen-bond donors (Lipinski definition) is 2. The minimum Gasteiger partial charge on any atom is -0.348 e. The third-order valence-electron chi connectivity index (χ3n) is 2.92. The molecule has 17 heavy (non-hydrogen) atoms. The number of carbonyl (C=O) groups is 1. The maximum absolute atomic E-state index is 12.6. The molecule has 0 saturated carbocycles. The first-order chi connectivity index (χ1) is 7.78. The van der Waals surface area contributed by atoms with Crippen molar-refractivity contribution in [3.8, 4) is 0 Å². The third kappa shape index (κ3) is 3.55. The van der Waals surface area contributed by atoms with Gasteiger partial charge in [0.2, 0.25) is 5.91 Å². The van der Waals surface area contributed by atoms with Crippen molar-refractivity contribution in [3.63, 3.8) is 0 Å². The van der Waals surface area contributed by atoms with Crippen molar-refractivity contribution in [1.29, 1.82) is 0 Å². The third-order valence-corrected chi connectivity index (χ3v) is 2.92. The molecular formula is C10H16F4N2O. The van der Waals surface area contributed by atoms with Crippen LogP contribution in [0.15, 0.2) is 0 Å². The monoisotopic (exact) mass is 256 g/mol. The normalized spacial score (nSPS) is 26.0. The van der Waals surface area contributed by atoms with Gasteiger partial charge in [-0.05, 0) is 32.7 Å². The second kappa shape index (κ2) is 5.20. The first-order valence-electron chi connectivity index (χ1n) is 5.47. The molecule has 0 spiro atoms. The number of hydrogen-bond acceptors (Lipinski definition) is 2. The van der Waals surface area contributed by atoms with Crippen LogP contribution in [-0.2, 0) is 4.79 Å². The van der Waals surface area contributed by atoms with Crippen molar-refractivity contribution in [2.24, 2.45) is 0 Å². The molecule has 2 N–H and O–H groups in total. The lowest BCUT2D eigenvalue weighted by molar-refractivity contribution is -0.140. The van der Waals surface area contributed by atoms with Gasteiger partial charge >= 0.3 is 12.3 Å². The van der Waals surface area contributed by atoms with Crippen molar-refractivity contribution >= 4 is 5.91 Å². The summed E-state index contributed by atoms with van der Waals surface area (Å²) in [5, 5.41) is 4.80. The highest BCUT2D eigenvalue weighted by molar-refractivity contribution is 5.86. The molecule has 1 fully saturated rings. The van der Waals surface area contributed by atoms with E-state index >= 15 is 0 Å². The Morgan fingerprint density at radius 1 is 1.47 bits per heavy atom. The van der Waals surface area contributed by atoms with Gasteiger partial charge in [-0.3, -0.25) is 4.79 Å². The Labute approximate surface area is 96.9 Å². The Balaban J connectivity index is 2.49. The summed E-state index contributed by atoms with van der Waals surface area (Å²) in [4.78, 5) is 11.6. The van der Waals surface area contributed by atoms with Crippen molar-refractivity contribution in [2.45, 2.75) is 44.1 Å². The second-order valence-electron chi connectivity index (χ2n) is 4.46. The molecule has 1 heterocycles. The molecular weight excluding hydrogens is 240 g/mol. The lowest BCUT2D eigenvalue weighted by Crippen LogP contribution is -2.58. The van der Waals surface area contributed by atoms with Crippen LogP contribution in [0.3, 0.4) is 0 Å². The van der Waals surface area contributed by atoms with E-state index in [1.54, 1.807) is 6.92 Å². The van der Waals surface area contributed by atoms with Crippen molar-refractivity contribution in [3.05, 3.63) is 0 Å². The van der Waals surface area contributed by atoms with E-state index in [0.717, 1.165) is 12.8 Å². The van der Waals surface area contributed by atoms with E-state index in [1.165, 1.54) is 0 Å². The molecule has 3 nitrogen and oxygen atoms in total. The summed E-state index contributed by atoms with van der Waals surface area (Å²) < 4.78 is 49.0. The lowest BCUT2D eigenvalue weighted by atomic mass is 9.90. The summed E-state index contributed by atoms with van der Waals surface area (Å²) in [7, 11) is 0. The first-order valence-corrected chi connectivity index (χ1v) is 5.47. The van der Waals surface area contributed by atoms with Gasteiger partial charge in [-0.25, -0.2) is 8.78 Å². The number of piperidine rings is 1. The summed E-state index contributed by atoms with van der Waals surface area (Å²) in [5.74, 6) is -4.83. The fraction of sp³-hybridized carbons (Fsp3) is 0.900. The topological polar surface area (TPSA) is 41.1 Å². The Kier molecular flexibility index (Phi) is 4.35. The summed E-state index contributed by atoms with van der Waals surface area (Å²) in [6.07, 6.45) is -1.54. The van der Waals surface area contributed by atoms with E-state index in [1.807, 2.05) is 5.32 Å². The molecule has 0 aromatic carbocycles. The highest BCUT2D eigenvalue weighted by Gasteiger charge is 2.42. The Morgan fingerprint density at radius 2 is 2.12 bits per heavy atom. The zero-order valence-electron chi connectivity index (χ0n) is 9.53. The molecule has 0 bridgehead atoms. The van der Waals surface area contributed by atoms with E-state index in [4.69, 9.17) is 0 Å². The zero-order chi connectivity index (χ0) is 13.1. The lowest BCUT2D eigenvalue weighted by Gasteiger charge is -2.33. The van der Waals surface area contributed by atoms with Crippen LogP contribution in [0.4, 0.5) is 17.6 Å². The van der Waals surface area contributed by atoms with Crippen LogP contribution in [0.1, 0.15) is 26.2 Å². The molecule has 1 amide bonds. The van der Waals surface area contributed by atoms with Gasteiger partial charge in [-0.2, -0.15) is 8.78 Å². The molecule has 1 aliphatic heterocycles. The molecule has 1 aliphatic rings. The second-order valence-corrected chi connectivity index (χ2v) is 4.46. The molecule has 0 aliphatic carbocycles. The molecule has 0 radical (unpaired) electrons. The van der Waals surface area contributed by atoms with Gasteiger partial charge in [-0.15, -0.1) is 0 Å². The Morgan fingerprint density at radius 3 is 2.59 bits per heavy atom. The molecule has 1 atom stereocenters. The molecule has 100 valence electrons. The summed E-state index contributed by atoms with van der Waals surface area (Å²) >= 11 is 0. The van der Waals surface area contributed by atoms with Crippen molar-refractivity contribution in [2.75, 3.05) is 13.1 Å². The number of nitrogens with one attached hydrogen (secondary N) is 2. The Hall–Kier alpha value is -0.850. The maximum Gasteiger partial charge on any atom is 0.324 e. The maximum atomic E-state index is 12.6. The van der Waals surface area contributed by atoms with Gasteiger partial charge in [0.05, 0.1) is 12.1 Å². The van der Waals surface area contributed by atoms with E-state index in [9.17, 15) is 22.4 Å². The van der Waals surface area contributed by atoms with Crippen LogP contribution in [0.5, 0.6) is 0 Å². The molecule has 0 aromatic rings. The van der Waals surface area contributed by atoms with E-state index in [2.05, 4.69) is 5.32 Å². The van der Waals surface area contributed by atoms with Crippen LogP contribution < -0.4 is 10.6 Å². The minimum absolute atomic E-state index is 0.513. The van der Waals surface area contributed by atoms with Gasteiger partial charge in [-0.1, -0.05) is 0 Å². The molecule has 0 aromatic heterocycles. The van der Waals surface area contributed by atoms with Crippen LogP contribution >= 0.6 is 0 Å². The van der Waals surface area contributed by atoms with Gasteiger partial charge < -0.3 is 10.6 Å². The smallest absolute Gasteiger partial charge is 0.324 e. The van der Waals surface area contributed by atoms with Crippen molar-refractivity contribution < 1.29 is 22.4 Å². The van der Waals surface area contributed by atoms with Gasteiger partial charge in [0.25, 0.3) is 0 Å². The van der Waals surface area contributed by atoms with Gasteiger partial charge in [0, 0.05) is 0 Å². The fourth-order valence-corrected chi connectivity index (χ4v) is 1.72. The molecule has 1 saturated heterocycles. The Bertz CT molecular complexity index is 277. The fourth-order valence-electron chi connectivity index (χ4n) is 1.72. The highest BCUT2D eigenvalue weighted by Crippen LogP contribution is 2.23. The summed E-state index contributed by atoms with van der Waals surface area (Å²) in [5.41, 5.74) is -0.934. The quantitative estimate of drug-likeness (QED) is 0.749. The number of rotatable bonds is 4. The predicted octanol–water partition coefficient (Wildman–Crippen LogP) is 1.54. The predicted molar refractivity (Wildman–Crippen MR) is 54.2 cm³/mol. The van der Waals surface area contributed by atoms with Gasteiger partial charge in [0.1, 0.15) is 0 Å². The van der Waals surface area contributed by atoms with Gasteiger partial charge in [0.15, 0.2) is 0 Å². The van der Waals surface area contributed by atoms with E-state index in [-0.39, 0.29) is 0 Å². The van der Waals surface area contributed by atoms with Crippen LogP contribution in [0.2, 0.25) is 0 Å². The molecule has 1 unspecified atom stereocenters.